The molecule has 2 fully saturated rings. The number of amides is 1. The van der Waals surface area contributed by atoms with Gasteiger partial charge in [0.25, 0.3) is 0 Å². The van der Waals surface area contributed by atoms with Gasteiger partial charge in [-0.2, -0.15) is 4.31 Å². The highest BCUT2D eigenvalue weighted by atomic mass is 32.2. The molecule has 4 unspecified atom stereocenters. The third-order valence-electron chi connectivity index (χ3n) is 5.96. The van der Waals surface area contributed by atoms with Crippen molar-refractivity contribution >= 4 is 21.9 Å². The molecule has 1 N–H and O–H groups in total. The Morgan fingerprint density at radius 3 is 2.11 bits per heavy atom. The van der Waals surface area contributed by atoms with Gasteiger partial charge in [0.2, 0.25) is 15.9 Å². The van der Waals surface area contributed by atoms with Crippen LogP contribution < -0.4 is 0 Å². The summed E-state index contributed by atoms with van der Waals surface area (Å²) in [5.41, 5.74) is 0. The van der Waals surface area contributed by atoms with Gasteiger partial charge in [0, 0.05) is 26.2 Å². The van der Waals surface area contributed by atoms with Gasteiger partial charge < -0.3 is 10.0 Å². The predicted molar refractivity (Wildman–Crippen MR) is 97.1 cm³/mol. The molecule has 1 heterocycles. The summed E-state index contributed by atoms with van der Waals surface area (Å²) in [6.45, 7) is 1.01. The fourth-order valence-electron chi connectivity index (χ4n) is 4.60. The number of carboxylic acids is 1. The fourth-order valence-corrected chi connectivity index (χ4v) is 6.04. The summed E-state index contributed by atoms with van der Waals surface area (Å²) in [5.74, 6) is -2.37. The highest BCUT2D eigenvalue weighted by Gasteiger charge is 2.52. The second kappa shape index (κ2) is 6.76. The van der Waals surface area contributed by atoms with Crippen LogP contribution >= 0.6 is 0 Å². The molecule has 1 saturated carbocycles. The van der Waals surface area contributed by atoms with Gasteiger partial charge >= 0.3 is 5.97 Å². The molecule has 1 aromatic rings. The van der Waals surface area contributed by atoms with Crippen LogP contribution in [0.2, 0.25) is 0 Å². The highest BCUT2D eigenvalue weighted by molar-refractivity contribution is 7.89. The molecule has 4 rings (SSSR count). The van der Waals surface area contributed by atoms with Crippen LogP contribution in [0.4, 0.5) is 0 Å². The number of aliphatic carboxylic acids is 1. The third kappa shape index (κ3) is 3.06. The van der Waals surface area contributed by atoms with Crippen molar-refractivity contribution in [3.8, 4) is 0 Å². The summed E-state index contributed by atoms with van der Waals surface area (Å²) in [6.07, 6.45) is 4.59. The van der Waals surface area contributed by atoms with Crippen LogP contribution in [-0.2, 0) is 19.6 Å². The van der Waals surface area contributed by atoms with Crippen LogP contribution in [0, 0.1) is 23.7 Å². The van der Waals surface area contributed by atoms with Gasteiger partial charge in [0.05, 0.1) is 16.7 Å². The van der Waals surface area contributed by atoms with Gasteiger partial charge in [-0.05, 0) is 30.4 Å². The molecular weight excluding hydrogens is 368 g/mol. The monoisotopic (exact) mass is 390 g/mol. The summed E-state index contributed by atoms with van der Waals surface area (Å²) < 4.78 is 26.8. The van der Waals surface area contributed by atoms with E-state index in [1.54, 1.807) is 35.2 Å². The minimum Gasteiger partial charge on any atom is -0.481 e. The van der Waals surface area contributed by atoms with Gasteiger partial charge in [-0.3, -0.25) is 9.59 Å². The molecule has 3 aliphatic rings. The number of allylic oxidation sites excluding steroid dienone is 2. The van der Waals surface area contributed by atoms with Crippen LogP contribution in [-0.4, -0.2) is 60.8 Å². The zero-order valence-electron chi connectivity index (χ0n) is 14.8. The van der Waals surface area contributed by atoms with Gasteiger partial charge in [-0.25, -0.2) is 8.42 Å². The van der Waals surface area contributed by atoms with E-state index in [0.717, 1.165) is 6.42 Å². The van der Waals surface area contributed by atoms with E-state index in [1.807, 2.05) is 12.2 Å². The lowest BCUT2D eigenvalue weighted by Crippen LogP contribution is -2.53. The number of sulfonamides is 1. The summed E-state index contributed by atoms with van der Waals surface area (Å²) in [4.78, 5) is 26.5. The lowest BCUT2D eigenvalue weighted by Gasteiger charge is -2.37. The molecule has 2 aliphatic carbocycles. The second-order valence-corrected chi connectivity index (χ2v) is 9.32. The lowest BCUT2D eigenvalue weighted by molar-refractivity contribution is -0.151. The van der Waals surface area contributed by atoms with Crippen molar-refractivity contribution in [3.05, 3.63) is 42.5 Å². The zero-order valence-corrected chi connectivity index (χ0v) is 15.6. The first-order valence-electron chi connectivity index (χ1n) is 9.14. The molecule has 0 radical (unpaired) electrons. The number of rotatable bonds is 4. The van der Waals surface area contributed by atoms with Crippen LogP contribution in [0.15, 0.2) is 47.4 Å². The smallest absolute Gasteiger partial charge is 0.307 e. The average Bonchev–Trinajstić information content (AvgIpc) is 3.29. The lowest BCUT2D eigenvalue weighted by atomic mass is 9.82. The Bertz CT molecular complexity index is 875. The molecule has 1 aromatic carbocycles. The highest BCUT2D eigenvalue weighted by Crippen LogP contribution is 2.48. The number of carbonyl (C=O) groups excluding carboxylic acids is 1. The van der Waals surface area contributed by atoms with Crippen molar-refractivity contribution in [2.45, 2.75) is 11.3 Å². The number of nitrogens with zero attached hydrogens (tertiary/aromatic N) is 2. The van der Waals surface area contributed by atoms with E-state index in [9.17, 15) is 23.1 Å². The fraction of sp³-hybridized carbons (Fsp3) is 0.474. The summed E-state index contributed by atoms with van der Waals surface area (Å²) >= 11 is 0. The van der Waals surface area contributed by atoms with Crippen molar-refractivity contribution in [2.24, 2.45) is 23.7 Å². The molecule has 27 heavy (non-hydrogen) atoms. The van der Waals surface area contributed by atoms with Gasteiger partial charge in [-0.15, -0.1) is 0 Å². The van der Waals surface area contributed by atoms with E-state index in [4.69, 9.17) is 0 Å². The number of carboxylic acid groups (broad SMARTS) is 1. The van der Waals surface area contributed by atoms with Crippen LogP contribution in [0.3, 0.4) is 0 Å². The Labute approximate surface area is 158 Å². The Kier molecular flexibility index (Phi) is 4.55. The maximum atomic E-state index is 13.0. The second-order valence-electron chi connectivity index (χ2n) is 7.38. The van der Waals surface area contributed by atoms with E-state index in [-0.39, 0.29) is 48.8 Å². The Morgan fingerprint density at radius 2 is 1.52 bits per heavy atom. The average molecular weight is 390 g/mol. The van der Waals surface area contributed by atoms with E-state index in [1.165, 1.54) is 4.31 Å². The first-order valence-corrected chi connectivity index (χ1v) is 10.6. The number of hydrogen-bond acceptors (Lipinski definition) is 4. The van der Waals surface area contributed by atoms with E-state index in [0.29, 0.717) is 0 Å². The van der Waals surface area contributed by atoms with Crippen LogP contribution in [0.25, 0.3) is 0 Å². The quantitative estimate of drug-likeness (QED) is 0.775. The van der Waals surface area contributed by atoms with Crippen molar-refractivity contribution in [2.75, 3.05) is 26.2 Å². The molecule has 8 heteroatoms. The van der Waals surface area contributed by atoms with Crippen LogP contribution in [0.5, 0.6) is 0 Å². The molecular formula is C19H22N2O5S. The Hall–Kier alpha value is -2.19. The standard InChI is InChI=1S/C19H22N2O5S/c22-18(16-13-6-7-14(12-13)17(16)19(23)24)20-8-10-21(11-9-20)27(25,26)15-4-2-1-3-5-15/h1-7,13-14,16-17H,8-12H2,(H,23,24). The van der Waals surface area contributed by atoms with E-state index < -0.39 is 27.8 Å². The molecule has 1 saturated heterocycles. The topological polar surface area (TPSA) is 95.0 Å². The first kappa shape index (κ1) is 18.2. The number of carbonyl (C=O) groups is 2. The number of benzene rings is 1. The van der Waals surface area contributed by atoms with Gasteiger partial charge in [0.1, 0.15) is 0 Å². The molecule has 7 nitrogen and oxygen atoms in total. The van der Waals surface area contributed by atoms with Crippen molar-refractivity contribution in [1.29, 1.82) is 0 Å². The minimum absolute atomic E-state index is 0.0188. The minimum atomic E-state index is -3.57. The molecule has 2 bridgehead atoms. The van der Waals surface area contributed by atoms with E-state index >= 15 is 0 Å². The zero-order chi connectivity index (χ0) is 19.2. The molecule has 0 spiro atoms. The Morgan fingerprint density at radius 1 is 0.926 bits per heavy atom. The SMILES string of the molecule is O=C(O)C1C2C=CC(C2)C1C(=O)N1CCN(S(=O)(=O)c2ccccc2)CC1. The molecule has 1 aliphatic heterocycles. The van der Waals surface area contributed by atoms with Crippen LogP contribution in [0.1, 0.15) is 6.42 Å². The Balaban J connectivity index is 1.44. The normalized spacial score (nSPS) is 30.6. The molecule has 144 valence electrons. The molecule has 4 atom stereocenters. The maximum Gasteiger partial charge on any atom is 0.307 e. The van der Waals surface area contributed by atoms with E-state index in [2.05, 4.69) is 0 Å². The predicted octanol–water partition coefficient (Wildman–Crippen LogP) is 1.04. The van der Waals surface area contributed by atoms with Crippen molar-refractivity contribution in [1.82, 2.24) is 9.21 Å². The third-order valence-corrected chi connectivity index (χ3v) is 7.87. The first-order chi connectivity index (χ1) is 12.9. The van der Waals surface area contributed by atoms with Crippen molar-refractivity contribution in [3.63, 3.8) is 0 Å². The summed E-state index contributed by atoms with van der Waals surface area (Å²) in [6, 6.07) is 8.25. The van der Waals surface area contributed by atoms with Gasteiger partial charge in [0.15, 0.2) is 0 Å². The summed E-state index contributed by atoms with van der Waals surface area (Å²) in [5, 5.41) is 9.54. The number of hydrogen-bond donors (Lipinski definition) is 1. The summed E-state index contributed by atoms with van der Waals surface area (Å²) in [7, 11) is -3.57. The molecule has 1 amide bonds. The van der Waals surface area contributed by atoms with Gasteiger partial charge in [-0.1, -0.05) is 30.4 Å². The number of piperazine rings is 1. The van der Waals surface area contributed by atoms with Crippen molar-refractivity contribution < 1.29 is 23.1 Å². The molecule has 0 aromatic heterocycles. The number of fused-ring (bicyclic) bond motifs is 2. The maximum absolute atomic E-state index is 13.0. The largest absolute Gasteiger partial charge is 0.481 e.